The molecule has 110 valence electrons. The smallest absolute Gasteiger partial charge is 0.433 e. The van der Waals surface area contributed by atoms with Gasteiger partial charge in [-0.1, -0.05) is 0 Å². The molecule has 0 N–H and O–H groups in total. The lowest BCUT2D eigenvalue weighted by Crippen LogP contribution is -2.13. The van der Waals surface area contributed by atoms with Crippen LogP contribution in [-0.2, 0) is 16.1 Å². The Balaban J connectivity index is 2.08. The van der Waals surface area contributed by atoms with Crippen LogP contribution in [0.3, 0.4) is 0 Å². The number of aromatic nitrogens is 2. The summed E-state index contributed by atoms with van der Waals surface area (Å²) in [7, 11) is 0. The van der Waals surface area contributed by atoms with E-state index in [-0.39, 0.29) is 18.4 Å². The van der Waals surface area contributed by atoms with Crippen LogP contribution in [0.1, 0.15) is 18.5 Å². The van der Waals surface area contributed by atoms with E-state index in [1.54, 1.807) is 30.0 Å². The molecule has 8 heteroatoms. The maximum atomic E-state index is 11.4. The summed E-state index contributed by atoms with van der Waals surface area (Å²) in [6, 6.07) is 2.75. The minimum absolute atomic E-state index is 0.0474. The monoisotopic (exact) mass is 291 g/mol. The van der Waals surface area contributed by atoms with Crippen molar-refractivity contribution in [3.8, 4) is 0 Å². The van der Waals surface area contributed by atoms with E-state index in [4.69, 9.17) is 9.15 Å². The first kappa shape index (κ1) is 14.5. The number of esters is 1. The first-order valence-electron chi connectivity index (χ1n) is 6.19. The molecule has 2 aromatic heterocycles. The Morgan fingerprint density at radius 3 is 3.00 bits per heavy atom. The highest BCUT2D eigenvalue weighted by Gasteiger charge is 2.10. The van der Waals surface area contributed by atoms with Crippen LogP contribution in [0.5, 0.6) is 0 Å². The fraction of sp³-hybridized carbons (Fsp3) is 0.231. The van der Waals surface area contributed by atoms with Crippen molar-refractivity contribution < 1.29 is 18.9 Å². The maximum Gasteiger partial charge on any atom is 0.433 e. The van der Waals surface area contributed by atoms with Gasteiger partial charge >= 0.3 is 11.9 Å². The lowest BCUT2D eigenvalue weighted by molar-refractivity contribution is -0.402. The molecule has 2 rings (SSSR count). The summed E-state index contributed by atoms with van der Waals surface area (Å²) < 4.78 is 11.4. The number of carbonyl (C=O) groups excluding carboxylic acids is 1. The van der Waals surface area contributed by atoms with Crippen molar-refractivity contribution in [2.45, 2.75) is 13.5 Å². The van der Waals surface area contributed by atoms with E-state index >= 15 is 0 Å². The predicted molar refractivity (Wildman–Crippen MR) is 73.2 cm³/mol. The summed E-state index contributed by atoms with van der Waals surface area (Å²) in [5.74, 6) is 0.151. The van der Waals surface area contributed by atoms with Crippen molar-refractivity contribution in [1.29, 1.82) is 0 Å². The first-order chi connectivity index (χ1) is 10.1. The van der Waals surface area contributed by atoms with E-state index in [0.29, 0.717) is 18.2 Å². The zero-order valence-electron chi connectivity index (χ0n) is 11.3. The van der Waals surface area contributed by atoms with Gasteiger partial charge in [-0.3, -0.25) is 14.9 Å². The van der Waals surface area contributed by atoms with Gasteiger partial charge in [-0.25, -0.2) is 4.98 Å². The largest absolute Gasteiger partial charge is 0.465 e. The lowest BCUT2D eigenvalue weighted by atomic mass is 10.4. The van der Waals surface area contributed by atoms with E-state index < -0.39 is 4.92 Å². The van der Waals surface area contributed by atoms with Gasteiger partial charge in [0.05, 0.1) is 12.7 Å². The molecule has 0 saturated carbocycles. The fourth-order valence-electron chi connectivity index (χ4n) is 1.65. The molecule has 0 radical (unpaired) electrons. The Morgan fingerprint density at radius 1 is 1.52 bits per heavy atom. The Bertz CT molecular complexity index is 671. The van der Waals surface area contributed by atoms with Crippen molar-refractivity contribution in [2.24, 2.45) is 0 Å². The fourth-order valence-corrected chi connectivity index (χ4v) is 1.65. The van der Waals surface area contributed by atoms with Crippen LogP contribution < -0.4 is 0 Å². The zero-order valence-corrected chi connectivity index (χ0v) is 11.3. The normalized spacial score (nSPS) is 10.9. The van der Waals surface area contributed by atoms with E-state index in [2.05, 4.69) is 4.98 Å². The molecule has 0 aliphatic rings. The van der Waals surface area contributed by atoms with Crippen LogP contribution in [0.4, 0.5) is 5.88 Å². The van der Waals surface area contributed by atoms with Crippen molar-refractivity contribution >= 4 is 24.0 Å². The van der Waals surface area contributed by atoms with E-state index in [1.807, 2.05) is 0 Å². The molecule has 0 amide bonds. The van der Waals surface area contributed by atoms with Crippen LogP contribution in [-0.4, -0.2) is 27.1 Å². The van der Waals surface area contributed by atoms with E-state index in [0.717, 1.165) is 0 Å². The van der Waals surface area contributed by atoms with Gasteiger partial charge in [0.2, 0.25) is 0 Å². The Labute approximate surface area is 119 Å². The molecule has 21 heavy (non-hydrogen) atoms. The second-order valence-electron chi connectivity index (χ2n) is 3.98. The lowest BCUT2D eigenvalue weighted by Gasteiger charge is -2.04. The molecule has 0 aliphatic carbocycles. The topological polar surface area (TPSA) is 100 Å². The standard InChI is InChI=1S/C13H13N3O5/c1-2-20-13(17)9-15-8-7-14-11(15)5-3-10-4-6-12(21-10)16(18)19/h3-8H,2,9H2,1H3/b5-3-. The third-order valence-electron chi connectivity index (χ3n) is 2.54. The summed E-state index contributed by atoms with van der Waals surface area (Å²) in [5, 5.41) is 10.5. The second kappa shape index (κ2) is 6.51. The minimum Gasteiger partial charge on any atom is -0.465 e. The quantitative estimate of drug-likeness (QED) is 0.459. The molecule has 0 atom stereocenters. The maximum absolute atomic E-state index is 11.4. The SMILES string of the molecule is CCOC(=O)Cn1ccnc1/C=C\c1ccc([N+](=O)[O-])o1. The minimum atomic E-state index is -0.612. The van der Waals surface area contributed by atoms with Gasteiger partial charge in [0.1, 0.15) is 23.1 Å². The molecular weight excluding hydrogens is 278 g/mol. The Morgan fingerprint density at radius 2 is 2.33 bits per heavy atom. The molecule has 0 aromatic carbocycles. The van der Waals surface area contributed by atoms with Crippen molar-refractivity contribution in [3.05, 3.63) is 46.2 Å². The number of furan rings is 1. The average molecular weight is 291 g/mol. The van der Waals surface area contributed by atoms with Gasteiger partial charge in [-0.15, -0.1) is 0 Å². The van der Waals surface area contributed by atoms with Crippen LogP contribution in [0.15, 0.2) is 28.9 Å². The third-order valence-corrected chi connectivity index (χ3v) is 2.54. The summed E-state index contributed by atoms with van der Waals surface area (Å²) in [5.41, 5.74) is 0. The molecule has 0 unspecified atom stereocenters. The summed E-state index contributed by atoms with van der Waals surface area (Å²) >= 11 is 0. The van der Waals surface area contributed by atoms with Gasteiger partial charge in [-0.05, 0) is 25.1 Å². The molecule has 0 spiro atoms. The van der Waals surface area contributed by atoms with Crippen LogP contribution in [0, 0.1) is 10.1 Å². The molecule has 8 nitrogen and oxygen atoms in total. The van der Waals surface area contributed by atoms with Crippen molar-refractivity contribution in [1.82, 2.24) is 9.55 Å². The summed E-state index contributed by atoms with van der Waals surface area (Å²) in [6.45, 7) is 2.09. The number of rotatable bonds is 6. The van der Waals surface area contributed by atoms with Crippen molar-refractivity contribution in [2.75, 3.05) is 6.61 Å². The van der Waals surface area contributed by atoms with Crippen molar-refractivity contribution in [3.63, 3.8) is 0 Å². The van der Waals surface area contributed by atoms with E-state index in [1.165, 1.54) is 18.2 Å². The number of hydrogen-bond donors (Lipinski definition) is 0. The second-order valence-corrected chi connectivity index (χ2v) is 3.98. The average Bonchev–Trinajstić information content (AvgIpc) is 3.05. The Hall–Kier alpha value is -2.90. The zero-order chi connectivity index (χ0) is 15.2. The van der Waals surface area contributed by atoms with Crippen LogP contribution in [0.25, 0.3) is 12.2 Å². The van der Waals surface area contributed by atoms with Gasteiger partial charge in [0, 0.05) is 12.4 Å². The number of hydrogen-bond acceptors (Lipinski definition) is 6. The number of imidazole rings is 1. The highest BCUT2D eigenvalue weighted by atomic mass is 16.6. The van der Waals surface area contributed by atoms with Crippen LogP contribution in [0.2, 0.25) is 0 Å². The predicted octanol–water partition coefficient (Wildman–Crippen LogP) is 2.12. The Kier molecular flexibility index (Phi) is 4.50. The number of nitro groups is 1. The molecule has 2 aromatic rings. The molecular formula is C13H13N3O5. The van der Waals surface area contributed by atoms with Gasteiger partial charge in [0.25, 0.3) is 0 Å². The summed E-state index contributed by atoms with van der Waals surface area (Å²) in [4.78, 5) is 25.4. The molecule has 0 fully saturated rings. The molecule has 0 aliphatic heterocycles. The highest BCUT2D eigenvalue weighted by molar-refractivity contribution is 5.70. The van der Waals surface area contributed by atoms with Crippen LogP contribution >= 0.6 is 0 Å². The summed E-state index contributed by atoms with van der Waals surface area (Å²) in [6.07, 6.45) is 6.32. The molecule has 0 bridgehead atoms. The molecule has 2 heterocycles. The van der Waals surface area contributed by atoms with E-state index in [9.17, 15) is 14.9 Å². The highest BCUT2D eigenvalue weighted by Crippen LogP contribution is 2.17. The number of ether oxygens (including phenoxy) is 1. The number of carbonyl (C=O) groups is 1. The number of nitrogens with zero attached hydrogens (tertiary/aromatic N) is 3. The molecule has 0 saturated heterocycles. The van der Waals surface area contributed by atoms with Gasteiger partial charge in [-0.2, -0.15) is 0 Å². The van der Waals surface area contributed by atoms with Gasteiger partial charge < -0.3 is 13.7 Å². The van der Waals surface area contributed by atoms with Gasteiger partial charge in [0.15, 0.2) is 0 Å². The third kappa shape index (κ3) is 3.78. The first-order valence-corrected chi connectivity index (χ1v) is 6.19.